The molecular formula is C12H9BrClNO4. The summed E-state index contributed by atoms with van der Waals surface area (Å²) >= 11 is 9.06. The van der Waals surface area contributed by atoms with Crippen molar-refractivity contribution < 1.29 is 19.2 Å². The van der Waals surface area contributed by atoms with E-state index in [-0.39, 0.29) is 23.1 Å². The summed E-state index contributed by atoms with van der Waals surface area (Å²) in [6.07, 6.45) is 0. The van der Waals surface area contributed by atoms with E-state index in [9.17, 15) is 9.90 Å². The van der Waals surface area contributed by atoms with Gasteiger partial charge in [-0.15, -0.1) is 0 Å². The van der Waals surface area contributed by atoms with Gasteiger partial charge in [-0.1, -0.05) is 16.8 Å². The lowest BCUT2D eigenvalue weighted by molar-refractivity contribution is 0.0513. The number of benzene rings is 1. The van der Waals surface area contributed by atoms with Crippen molar-refractivity contribution in [1.82, 2.24) is 5.16 Å². The Kier molecular flexibility index (Phi) is 4.11. The second-order valence-corrected chi connectivity index (χ2v) is 4.76. The fourth-order valence-corrected chi connectivity index (χ4v) is 2.15. The minimum atomic E-state index is -0.575. The molecule has 0 bridgehead atoms. The highest BCUT2D eigenvalue weighted by Gasteiger charge is 2.22. The number of ether oxygens (including phenoxy) is 1. The van der Waals surface area contributed by atoms with E-state index in [2.05, 4.69) is 21.1 Å². The monoisotopic (exact) mass is 345 g/mol. The van der Waals surface area contributed by atoms with Crippen molar-refractivity contribution in [3.05, 3.63) is 33.4 Å². The molecular weight excluding hydrogens is 337 g/mol. The van der Waals surface area contributed by atoms with Gasteiger partial charge < -0.3 is 14.4 Å². The van der Waals surface area contributed by atoms with Crippen LogP contribution in [-0.4, -0.2) is 22.8 Å². The first-order valence-corrected chi connectivity index (χ1v) is 6.52. The van der Waals surface area contributed by atoms with Crippen LogP contribution in [0.2, 0.25) is 5.02 Å². The molecule has 7 heteroatoms. The van der Waals surface area contributed by atoms with Gasteiger partial charge in [0.05, 0.1) is 11.6 Å². The molecule has 1 aromatic carbocycles. The van der Waals surface area contributed by atoms with Crippen molar-refractivity contribution in [1.29, 1.82) is 0 Å². The smallest absolute Gasteiger partial charge is 0.361 e. The van der Waals surface area contributed by atoms with Gasteiger partial charge in [-0.2, -0.15) is 0 Å². The summed E-state index contributed by atoms with van der Waals surface area (Å²) in [6.45, 7) is 1.95. The highest BCUT2D eigenvalue weighted by molar-refractivity contribution is 9.10. The molecule has 1 N–H and O–H groups in total. The van der Waals surface area contributed by atoms with Crippen LogP contribution in [0.25, 0.3) is 11.3 Å². The molecule has 0 aliphatic carbocycles. The predicted molar refractivity (Wildman–Crippen MR) is 72.3 cm³/mol. The number of aromatic nitrogens is 1. The normalized spacial score (nSPS) is 10.5. The Bertz CT molecular complexity index is 626. The first kappa shape index (κ1) is 13.9. The Morgan fingerprint density at radius 1 is 1.58 bits per heavy atom. The van der Waals surface area contributed by atoms with E-state index in [1.54, 1.807) is 13.0 Å². The van der Waals surface area contributed by atoms with Crippen molar-refractivity contribution in [2.75, 3.05) is 6.61 Å². The van der Waals surface area contributed by atoms with Gasteiger partial charge in [0.15, 0.2) is 5.76 Å². The molecule has 0 radical (unpaired) electrons. The lowest BCUT2D eigenvalue weighted by Gasteiger charge is -2.00. The van der Waals surface area contributed by atoms with Crippen LogP contribution in [0, 0.1) is 0 Å². The highest BCUT2D eigenvalue weighted by atomic mass is 79.9. The molecule has 0 saturated carbocycles. The summed E-state index contributed by atoms with van der Waals surface area (Å²) in [4.78, 5) is 11.6. The predicted octanol–water partition coefficient (Wildman–Crippen LogP) is 3.64. The van der Waals surface area contributed by atoms with E-state index in [1.165, 1.54) is 12.1 Å². The van der Waals surface area contributed by atoms with E-state index in [0.29, 0.717) is 15.8 Å². The zero-order chi connectivity index (χ0) is 14.0. The second-order valence-electron chi connectivity index (χ2n) is 3.56. The molecule has 5 nitrogen and oxygen atoms in total. The van der Waals surface area contributed by atoms with Gasteiger partial charge in [-0.3, -0.25) is 0 Å². The van der Waals surface area contributed by atoms with Crippen LogP contribution in [0.3, 0.4) is 0 Å². The van der Waals surface area contributed by atoms with E-state index in [1.807, 2.05) is 0 Å². The number of esters is 1. The highest BCUT2D eigenvalue weighted by Crippen LogP contribution is 2.35. The van der Waals surface area contributed by atoms with Crippen molar-refractivity contribution in [2.45, 2.75) is 6.92 Å². The van der Waals surface area contributed by atoms with Gasteiger partial charge in [0.25, 0.3) is 0 Å². The number of carbonyl (C=O) groups is 1. The molecule has 0 fully saturated rings. The van der Waals surface area contributed by atoms with Gasteiger partial charge >= 0.3 is 5.97 Å². The number of hydrogen-bond acceptors (Lipinski definition) is 5. The lowest BCUT2D eigenvalue weighted by Crippen LogP contribution is -2.05. The fourth-order valence-electron chi connectivity index (χ4n) is 1.43. The van der Waals surface area contributed by atoms with Crippen LogP contribution in [0.1, 0.15) is 17.4 Å². The van der Waals surface area contributed by atoms with Gasteiger partial charge in [0.1, 0.15) is 10.2 Å². The maximum absolute atomic E-state index is 11.6. The number of phenolic OH excluding ortho intramolecular Hbond substituents is 1. The molecule has 0 unspecified atom stereocenters. The maximum atomic E-state index is 11.6. The standard InChI is InChI=1S/C12H9BrClNO4/c1-2-18-12(17)10-9(13)11(19-15-10)6-3-4-8(16)7(14)5-6/h3-5,16H,2H2,1H3. The van der Waals surface area contributed by atoms with Gasteiger partial charge in [0, 0.05) is 5.56 Å². The molecule has 0 aliphatic heterocycles. The summed E-state index contributed by atoms with van der Waals surface area (Å²) in [5.41, 5.74) is 0.638. The quantitative estimate of drug-likeness (QED) is 0.859. The SMILES string of the molecule is CCOC(=O)c1noc(-c2ccc(O)c(Cl)c2)c1Br. The van der Waals surface area contributed by atoms with Crippen LogP contribution in [-0.2, 0) is 4.74 Å². The first-order chi connectivity index (χ1) is 9.04. The Balaban J connectivity index is 2.41. The summed E-state index contributed by atoms with van der Waals surface area (Å²) in [5, 5.41) is 13.2. The number of halogens is 2. The lowest BCUT2D eigenvalue weighted by atomic mass is 10.1. The zero-order valence-corrected chi connectivity index (χ0v) is 12.2. The molecule has 1 heterocycles. The first-order valence-electron chi connectivity index (χ1n) is 5.35. The van der Waals surface area contributed by atoms with Crippen molar-refractivity contribution >= 4 is 33.5 Å². The average Bonchev–Trinajstić information content (AvgIpc) is 2.75. The molecule has 2 aromatic rings. The van der Waals surface area contributed by atoms with Gasteiger partial charge in [-0.05, 0) is 41.1 Å². The maximum Gasteiger partial charge on any atom is 0.361 e. The molecule has 2 rings (SSSR count). The third-order valence-electron chi connectivity index (χ3n) is 2.31. The molecule has 0 aliphatic rings. The van der Waals surface area contributed by atoms with Crippen molar-refractivity contribution in [3.63, 3.8) is 0 Å². The number of phenols is 1. The number of aromatic hydroxyl groups is 1. The van der Waals surface area contributed by atoms with Crippen LogP contribution in [0.5, 0.6) is 5.75 Å². The summed E-state index contributed by atoms with van der Waals surface area (Å²) in [6, 6.07) is 4.54. The van der Waals surface area contributed by atoms with Crippen LogP contribution in [0.4, 0.5) is 0 Å². The van der Waals surface area contributed by atoms with E-state index < -0.39 is 5.97 Å². The average molecular weight is 347 g/mol. The second kappa shape index (κ2) is 5.63. The number of carbonyl (C=O) groups excluding carboxylic acids is 1. The molecule has 100 valence electrons. The van der Waals surface area contributed by atoms with Crippen LogP contribution >= 0.6 is 27.5 Å². The summed E-state index contributed by atoms with van der Waals surface area (Å²) < 4.78 is 10.3. The van der Waals surface area contributed by atoms with E-state index in [4.69, 9.17) is 20.9 Å². The minimum absolute atomic E-state index is 0.0355. The minimum Gasteiger partial charge on any atom is -0.506 e. The molecule has 0 amide bonds. The fraction of sp³-hybridized carbons (Fsp3) is 0.167. The van der Waals surface area contributed by atoms with Crippen molar-refractivity contribution in [3.8, 4) is 17.1 Å². The zero-order valence-electron chi connectivity index (χ0n) is 9.81. The van der Waals surface area contributed by atoms with Crippen LogP contribution < -0.4 is 0 Å². The Hall–Kier alpha value is -1.53. The molecule has 1 aromatic heterocycles. The Labute approximate surface area is 122 Å². The molecule has 19 heavy (non-hydrogen) atoms. The van der Waals surface area contributed by atoms with E-state index >= 15 is 0 Å². The molecule has 0 saturated heterocycles. The Morgan fingerprint density at radius 2 is 2.32 bits per heavy atom. The van der Waals surface area contributed by atoms with E-state index in [0.717, 1.165) is 0 Å². The van der Waals surface area contributed by atoms with Gasteiger partial charge in [0.2, 0.25) is 5.69 Å². The third kappa shape index (κ3) is 2.74. The van der Waals surface area contributed by atoms with Gasteiger partial charge in [-0.25, -0.2) is 4.79 Å². The number of rotatable bonds is 3. The largest absolute Gasteiger partial charge is 0.506 e. The van der Waals surface area contributed by atoms with Crippen LogP contribution in [0.15, 0.2) is 27.2 Å². The number of hydrogen-bond donors (Lipinski definition) is 1. The van der Waals surface area contributed by atoms with Crippen molar-refractivity contribution in [2.24, 2.45) is 0 Å². The molecule has 0 atom stereocenters. The topological polar surface area (TPSA) is 72.6 Å². The molecule has 0 spiro atoms. The Morgan fingerprint density at radius 3 is 2.95 bits per heavy atom. The number of nitrogens with zero attached hydrogens (tertiary/aromatic N) is 1. The third-order valence-corrected chi connectivity index (χ3v) is 3.35. The summed E-state index contributed by atoms with van der Waals surface area (Å²) in [7, 11) is 0. The summed E-state index contributed by atoms with van der Waals surface area (Å²) in [5.74, 6) is -0.272.